The van der Waals surface area contributed by atoms with Crippen LogP contribution < -0.4 is 10.6 Å². The standard InChI is InChI=1S/2C8H11P.C2F4.Pt/c2*1-9(2)8-6-4-3-5-7-8;3-1-2(4,5)6;/h2*3-7H,1-2H3;;/q;;;-2/p+2. The van der Waals surface area contributed by atoms with E-state index in [1.165, 1.54) is 0 Å². The molecule has 0 atom stereocenters. The van der Waals surface area contributed by atoms with Crippen molar-refractivity contribution in [3.63, 3.8) is 0 Å². The van der Waals surface area contributed by atoms with Crippen LogP contribution in [0.4, 0.5) is 17.6 Å². The van der Waals surface area contributed by atoms with Crippen LogP contribution in [0.15, 0.2) is 60.7 Å². The van der Waals surface area contributed by atoms with Gasteiger partial charge in [0.2, 0.25) is 0 Å². The number of alkyl halides is 3. The molecule has 2 aromatic carbocycles. The third-order valence-corrected chi connectivity index (χ3v) is 53.2. The quantitative estimate of drug-likeness (QED) is 0.366. The van der Waals surface area contributed by atoms with Gasteiger partial charge < -0.3 is 0 Å². The first kappa shape index (κ1) is 20.9. The second-order valence-electron chi connectivity index (χ2n) is 6.49. The number of halogens is 4. The van der Waals surface area contributed by atoms with Crippen LogP contribution in [0.1, 0.15) is 0 Å². The molecule has 0 heterocycles. The van der Waals surface area contributed by atoms with Gasteiger partial charge >= 0.3 is 152 Å². The number of hydrogen-bond acceptors (Lipinski definition) is 0. The molecule has 0 N–H and O–H groups in total. The fourth-order valence-corrected chi connectivity index (χ4v) is 61.9. The summed E-state index contributed by atoms with van der Waals surface area (Å²) < 4.78 is 53.6. The summed E-state index contributed by atoms with van der Waals surface area (Å²) in [6.45, 7) is 7.65. The van der Waals surface area contributed by atoms with Gasteiger partial charge in [-0.25, -0.2) is 0 Å². The first-order chi connectivity index (χ1) is 11.5. The summed E-state index contributed by atoms with van der Waals surface area (Å²) in [4.78, 5) is 0. The minimum absolute atomic E-state index is 0.913. The molecule has 0 spiro atoms. The summed E-state index contributed by atoms with van der Waals surface area (Å²) in [5.41, 5.74) is 0. The zero-order valence-corrected chi connectivity index (χ0v) is 18.9. The summed E-state index contributed by atoms with van der Waals surface area (Å²) in [5.74, 6) is 0. The van der Waals surface area contributed by atoms with E-state index in [-0.39, 0.29) is 0 Å². The Hall–Kier alpha value is -0.422. The van der Waals surface area contributed by atoms with Crippen molar-refractivity contribution in [2.24, 2.45) is 0 Å². The monoisotopic (exact) mass is 573 g/mol. The molecule has 0 aliphatic heterocycles. The van der Waals surface area contributed by atoms with Gasteiger partial charge in [-0.2, -0.15) is 0 Å². The number of benzene rings is 2. The molecule has 0 fully saturated rings. The van der Waals surface area contributed by atoms with Crippen molar-refractivity contribution < 1.29 is 33.4 Å². The number of hydrogen-bond donors (Lipinski definition) is 0. The molecule has 2 aromatic rings. The molecule has 0 saturated heterocycles. The predicted octanol–water partition coefficient (Wildman–Crippen LogP) is 4.77. The predicted molar refractivity (Wildman–Crippen MR) is 105 cm³/mol. The minimum atomic E-state index is -4.86. The van der Waals surface area contributed by atoms with Crippen molar-refractivity contribution in [2.75, 3.05) is 26.7 Å². The van der Waals surface area contributed by atoms with Crippen molar-refractivity contribution in [3.8, 4) is 0 Å². The van der Waals surface area contributed by atoms with Crippen LogP contribution >= 0.6 is 10.7 Å². The molecule has 0 aromatic heterocycles. The third kappa shape index (κ3) is 4.47. The molecule has 144 valence electrons. The van der Waals surface area contributed by atoms with Crippen LogP contribution in [-0.2, 0) is 15.8 Å². The molecule has 0 unspecified atom stereocenters. The molecule has 25 heavy (non-hydrogen) atoms. The van der Waals surface area contributed by atoms with E-state index in [0.29, 0.717) is 0 Å². The second kappa shape index (κ2) is 7.67. The van der Waals surface area contributed by atoms with E-state index in [9.17, 15) is 17.6 Å². The summed E-state index contributed by atoms with van der Waals surface area (Å²) in [5, 5.41) is -3.40. The molecule has 0 amide bonds. The van der Waals surface area contributed by atoms with Gasteiger partial charge in [0.1, 0.15) is 0 Å². The first-order valence-electron chi connectivity index (χ1n) is 7.80. The Morgan fingerprint density at radius 2 is 1.04 bits per heavy atom. The van der Waals surface area contributed by atoms with Gasteiger partial charge in [0, 0.05) is 0 Å². The van der Waals surface area contributed by atoms with Crippen molar-refractivity contribution in [1.29, 1.82) is 0 Å². The van der Waals surface area contributed by atoms with Crippen LogP contribution in [0.2, 0.25) is 0 Å². The van der Waals surface area contributed by atoms with Crippen molar-refractivity contribution >= 4 is 25.5 Å². The van der Waals surface area contributed by atoms with E-state index in [1.54, 1.807) is 0 Å². The molecular weight excluding hydrogens is 549 g/mol. The van der Waals surface area contributed by atoms with Crippen LogP contribution in [0, 0.1) is 0 Å². The van der Waals surface area contributed by atoms with E-state index in [1.807, 2.05) is 87.3 Å². The van der Waals surface area contributed by atoms with Crippen LogP contribution in [-0.4, -0.2) is 37.0 Å². The average Bonchev–Trinajstić information content (AvgIpc) is 2.55. The van der Waals surface area contributed by atoms with E-state index in [2.05, 4.69) is 0 Å². The van der Waals surface area contributed by atoms with Crippen molar-refractivity contribution in [2.45, 2.75) is 6.18 Å². The average molecular weight is 573 g/mol. The van der Waals surface area contributed by atoms with Gasteiger partial charge in [-0.15, -0.1) is 0 Å². The van der Waals surface area contributed by atoms with Crippen LogP contribution in [0.5, 0.6) is 0 Å². The molecule has 2 rings (SSSR count). The molecule has 0 aliphatic rings. The Bertz CT molecular complexity index is 700. The fourth-order valence-electron chi connectivity index (χ4n) is 2.76. The summed E-state index contributed by atoms with van der Waals surface area (Å²) in [6.07, 6.45) is -4.86. The third-order valence-electron chi connectivity index (χ3n) is 4.01. The zero-order chi connectivity index (χ0) is 18.9. The molecular formula is C18H24F4P2Pt. The summed E-state index contributed by atoms with van der Waals surface area (Å²) in [6, 6.07) is 18.5. The SMILES string of the molecule is C[PH](C)(c1ccccc1)[Pt](=[C](F)C(F)(F)F)[PH](C)(C)c1ccccc1. The molecule has 0 bridgehead atoms. The molecule has 0 nitrogen and oxygen atoms in total. The zero-order valence-electron chi connectivity index (χ0n) is 14.6. The van der Waals surface area contributed by atoms with E-state index in [0.717, 1.165) is 10.6 Å². The van der Waals surface area contributed by atoms with Gasteiger partial charge in [-0.3, -0.25) is 0 Å². The van der Waals surface area contributed by atoms with Crippen LogP contribution in [0.3, 0.4) is 0 Å². The van der Waals surface area contributed by atoms with E-state index in [4.69, 9.17) is 0 Å². The molecule has 0 aliphatic carbocycles. The fraction of sp³-hybridized carbons (Fsp3) is 0.278. The molecule has 7 heteroatoms. The molecule has 0 saturated carbocycles. The summed E-state index contributed by atoms with van der Waals surface area (Å²) >= 11 is -3.17. The van der Waals surface area contributed by atoms with E-state index < -0.39 is 36.9 Å². The van der Waals surface area contributed by atoms with Gasteiger partial charge in [0.25, 0.3) is 0 Å². The van der Waals surface area contributed by atoms with Gasteiger partial charge in [-0.1, -0.05) is 0 Å². The summed E-state index contributed by atoms with van der Waals surface area (Å²) in [7, 11) is 0. The van der Waals surface area contributed by atoms with Crippen molar-refractivity contribution in [3.05, 3.63) is 60.7 Å². The Balaban J connectivity index is 2.76. The van der Waals surface area contributed by atoms with Gasteiger partial charge in [0.05, 0.1) is 0 Å². The Labute approximate surface area is 152 Å². The Morgan fingerprint density at radius 1 is 0.720 bits per heavy atom. The first-order valence-corrected chi connectivity index (χ1v) is 21.4. The van der Waals surface area contributed by atoms with E-state index >= 15 is 0 Å². The normalized spacial score (nSPS) is 14.8. The van der Waals surface area contributed by atoms with Crippen LogP contribution in [0.25, 0.3) is 0 Å². The maximum absolute atomic E-state index is 14.9. The topological polar surface area (TPSA) is 0 Å². The number of rotatable bonds is 4. The van der Waals surface area contributed by atoms with Crippen molar-refractivity contribution in [1.82, 2.24) is 0 Å². The Morgan fingerprint density at radius 3 is 1.32 bits per heavy atom. The molecule has 0 radical (unpaired) electrons. The Kier molecular flexibility index (Phi) is 6.41. The van der Waals surface area contributed by atoms with Gasteiger partial charge in [0.15, 0.2) is 0 Å². The van der Waals surface area contributed by atoms with Gasteiger partial charge in [-0.05, 0) is 0 Å². The second-order valence-corrected chi connectivity index (χ2v) is 40.7. The maximum atomic E-state index is 14.9.